The molecule has 10 heteroatoms. The van der Waals surface area contributed by atoms with Crippen LogP contribution in [0.1, 0.15) is 16.1 Å². The SMILES string of the molecule is COC(=O)c1ncsc1S(=O)(=O)Nc1cc(C)c(Br)cn1. The van der Waals surface area contributed by atoms with Crippen LogP contribution < -0.4 is 4.72 Å². The number of methoxy groups -OCH3 is 1. The fourth-order valence-electron chi connectivity index (χ4n) is 1.44. The highest BCUT2D eigenvalue weighted by molar-refractivity contribution is 9.10. The molecule has 2 heterocycles. The van der Waals surface area contributed by atoms with E-state index in [0.29, 0.717) is 0 Å². The minimum Gasteiger partial charge on any atom is -0.464 e. The Morgan fingerprint density at radius 2 is 2.14 bits per heavy atom. The van der Waals surface area contributed by atoms with E-state index in [9.17, 15) is 13.2 Å². The number of sulfonamides is 1. The van der Waals surface area contributed by atoms with E-state index in [1.165, 1.54) is 11.7 Å². The number of esters is 1. The molecule has 0 radical (unpaired) electrons. The van der Waals surface area contributed by atoms with E-state index >= 15 is 0 Å². The lowest BCUT2D eigenvalue weighted by atomic mass is 10.3. The van der Waals surface area contributed by atoms with Crippen LogP contribution in [0.5, 0.6) is 0 Å². The number of hydrogen-bond acceptors (Lipinski definition) is 7. The summed E-state index contributed by atoms with van der Waals surface area (Å²) in [6.07, 6.45) is 1.49. The standard InChI is InChI=1S/C11H10BrN3O4S2/c1-6-3-8(13-4-7(6)12)15-21(17,18)11-9(10(16)19-2)14-5-20-11/h3-5H,1-2H3,(H,13,15). The normalized spacial score (nSPS) is 11.2. The van der Waals surface area contributed by atoms with Gasteiger partial charge in [0.2, 0.25) is 0 Å². The molecule has 0 atom stereocenters. The molecule has 1 N–H and O–H groups in total. The maximum atomic E-state index is 12.3. The van der Waals surface area contributed by atoms with Crippen molar-refractivity contribution in [1.82, 2.24) is 9.97 Å². The fourth-order valence-corrected chi connectivity index (χ4v) is 3.79. The Kier molecular flexibility index (Phi) is 4.59. The average molecular weight is 392 g/mol. The van der Waals surface area contributed by atoms with E-state index in [1.807, 2.05) is 0 Å². The van der Waals surface area contributed by atoms with Crippen molar-refractivity contribution in [3.8, 4) is 0 Å². The number of halogens is 1. The summed E-state index contributed by atoms with van der Waals surface area (Å²) in [4.78, 5) is 19.2. The van der Waals surface area contributed by atoms with Crippen LogP contribution in [0.25, 0.3) is 0 Å². The topological polar surface area (TPSA) is 98.2 Å². The quantitative estimate of drug-likeness (QED) is 0.802. The van der Waals surface area contributed by atoms with Gasteiger partial charge in [-0.2, -0.15) is 0 Å². The minimum atomic E-state index is -3.96. The molecule has 0 aliphatic rings. The Bertz CT molecular complexity index is 789. The van der Waals surface area contributed by atoms with Crippen LogP contribution in [0.15, 0.2) is 26.5 Å². The second-order valence-corrected chi connectivity index (χ2v) is 7.49. The Morgan fingerprint density at radius 3 is 2.76 bits per heavy atom. The molecule has 2 aromatic rings. The third kappa shape index (κ3) is 3.39. The first-order valence-electron chi connectivity index (χ1n) is 5.52. The molecular weight excluding hydrogens is 382 g/mol. The van der Waals surface area contributed by atoms with Crippen molar-refractivity contribution in [1.29, 1.82) is 0 Å². The lowest BCUT2D eigenvalue weighted by Gasteiger charge is -2.07. The molecule has 112 valence electrons. The van der Waals surface area contributed by atoms with E-state index in [4.69, 9.17) is 0 Å². The Labute approximate surface area is 133 Å². The van der Waals surface area contributed by atoms with Crippen molar-refractivity contribution < 1.29 is 17.9 Å². The van der Waals surface area contributed by atoms with Crippen LogP contribution in [0.4, 0.5) is 5.82 Å². The Morgan fingerprint density at radius 1 is 1.43 bits per heavy atom. The second-order valence-electron chi connectivity index (χ2n) is 3.90. The average Bonchev–Trinajstić information content (AvgIpc) is 2.92. The maximum absolute atomic E-state index is 12.3. The van der Waals surface area contributed by atoms with Gasteiger partial charge in [-0.1, -0.05) is 0 Å². The monoisotopic (exact) mass is 391 g/mol. The largest absolute Gasteiger partial charge is 0.464 e. The number of anilines is 1. The van der Waals surface area contributed by atoms with Gasteiger partial charge >= 0.3 is 5.97 Å². The summed E-state index contributed by atoms with van der Waals surface area (Å²) >= 11 is 4.11. The highest BCUT2D eigenvalue weighted by atomic mass is 79.9. The number of aromatic nitrogens is 2. The summed E-state index contributed by atoms with van der Waals surface area (Å²) in [5.74, 6) is -0.656. The first kappa shape index (κ1) is 15.9. The summed E-state index contributed by atoms with van der Waals surface area (Å²) in [5, 5.41) is 0. The molecule has 2 aromatic heterocycles. The zero-order chi connectivity index (χ0) is 15.6. The highest BCUT2D eigenvalue weighted by Crippen LogP contribution is 2.24. The van der Waals surface area contributed by atoms with E-state index in [2.05, 4.69) is 35.4 Å². The van der Waals surface area contributed by atoms with Gasteiger partial charge in [0.15, 0.2) is 9.90 Å². The number of thiazole rings is 1. The Balaban J connectivity index is 2.37. The molecule has 0 spiro atoms. The van der Waals surface area contributed by atoms with Crippen molar-refractivity contribution in [2.45, 2.75) is 11.1 Å². The van der Waals surface area contributed by atoms with Gasteiger partial charge in [-0.3, -0.25) is 4.72 Å². The molecule has 0 saturated heterocycles. The third-order valence-electron chi connectivity index (χ3n) is 2.44. The molecule has 0 aromatic carbocycles. The van der Waals surface area contributed by atoms with Gasteiger partial charge < -0.3 is 4.74 Å². The lowest BCUT2D eigenvalue weighted by Crippen LogP contribution is -2.16. The number of hydrogen-bond donors (Lipinski definition) is 1. The fraction of sp³-hybridized carbons (Fsp3) is 0.182. The van der Waals surface area contributed by atoms with Crippen molar-refractivity contribution in [3.05, 3.63) is 33.5 Å². The first-order chi connectivity index (χ1) is 9.85. The number of rotatable bonds is 4. The summed E-state index contributed by atoms with van der Waals surface area (Å²) in [5.41, 5.74) is 1.84. The van der Waals surface area contributed by atoms with E-state index in [1.54, 1.807) is 13.0 Å². The molecule has 0 aliphatic carbocycles. The minimum absolute atomic E-state index is 0.153. The molecule has 0 saturated carbocycles. The number of nitrogens with one attached hydrogen (secondary N) is 1. The lowest BCUT2D eigenvalue weighted by molar-refractivity contribution is 0.0590. The van der Waals surface area contributed by atoms with Gasteiger partial charge in [0, 0.05) is 10.7 Å². The number of nitrogens with zero attached hydrogens (tertiary/aromatic N) is 2. The first-order valence-corrected chi connectivity index (χ1v) is 8.67. The van der Waals surface area contributed by atoms with E-state index in [0.717, 1.165) is 28.5 Å². The Hall–Kier alpha value is -1.52. The van der Waals surface area contributed by atoms with Crippen molar-refractivity contribution >= 4 is 49.1 Å². The molecule has 0 unspecified atom stereocenters. The second kappa shape index (κ2) is 6.08. The van der Waals surface area contributed by atoms with Gasteiger partial charge in [-0.05, 0) is 34.5 Å². The summed E-state index contributed by atoms with van der Waals surface area (Å²) in [7, 11) is -2.80. The van der Waals surface area contributed by atoms with Crippen molar-refractivity contribution in [2.75, 3.05) is 11.8 Å². The zero-order valence-electron chi connectivity index (χ0n) is 11.0. The highest BCUT2D eigenvalue weighted by Gasteiger charge is 2.27. The summed E-state index contributed by atoms with van der Waals surface area (Å²) in [6.45, 7) is 1.80. The molecule has 21 heavy (non-hydrogen) atoms. The van der Waals surface area contributed by atoms with Gasteiger partial charge in [-0.15, -0.1) is 11.3 Å². The van der Waals surface area contributed by atoms with Crippen LogP contribution in [-0.4, -0.2) is 31.5 Å². The van der Waals surface area contributed by atoms with Gasteiger partial charge in [-0.25, -0.2) is 23.2 Å². The number of pyridine rings is 1. The predicted molar refractivity (Wildman–Crippen MR) is 80.9 cm³/mol. The molecule has 0 aliphatic heterocycles. The molecule has 7 nitrogen and oxygen atoms in total. The molecule has 2 rings (SSSR count). The molecule has 0 bridgehead atoms. The third-order valence-corrected chi connectivity index (χ3v) is 6.00. The van der Waals surface area contributed by atoms with E-state index < -0.39 is 16.0 Å². The van der Waals surface area contributed by atoms with Crippen molar-refractivity contribution in [3.63, 3.8) is 0 Å². The van der Waals surface area contributed by atoms with Crippen LogP contribution in [0, 0.1) is 6.92 Å². The number of aryl methyl sites for hydroxylation is 1. The van der Waals surface area contributed by atoms with Gasteiger partial charge in [0.05, 0.1) is 12.6 Å². The molecule has 0 fully saturated rings. The maximum Gasteiger partial charge on any atom is 0.358 e. The number of carbonyl (C=O) groups is 1. The van der Waals surface area contributed by atoms with Crippen molar-refractivity contribution in [2.24, 2.45) is 0 Å². The predicted octanol–water partition coefficient (Wildman–Crippen LogP) is 2.20. The number of ether oxygens (including phenoxy) is 1. The van der Waals surface area contributed by atoms with Gasteiger partial charge in [0.25, 0.3) is 10.0 Å². The van der Waals surface area contributed by atoms with Gasteiger partial charge in [0.1, 0.15) is 5.82 Å². The van der Waals surface area contributed by atoms with E-state index in [-0.39, 0.29) is 15.7 Å². The zero-order valence-corrected chi connectivity index (χ0v) is 14.2. The van der Waals surface area contributed by atoms with Crippen LogP contribution >= 0.6 is 27.3 Å². The number of carbonyl (C=O) groups excluding carboxylic acids is 1. The van der Waals surface area contributed by atoms with Crippen LogP contribution in [-0.2, 0) is 14.8 Å². The smallest absolute Gasteiger partial charge is 0.358 e. The molecular formula is C11H10BrN3O4S2. The van der Waals surface area contributed by atoms with Crippen LogP contribution in [0.3, 0.4) is 0 Å². The summed E-state index contributed by atoms with van der Waals surface area (Å²) < 4.78 is 32.0. The summed E-state index contributed by atoms with van der Waals surface area (Å²) in [6, 6.07) is 1.57. The van der Waals surface area contributed by atoms with Crippen LogP contribution in [0.2, 0.25) is 0 Å². The molecule has 0 amide bonds.